The summed E-state index contributed by atoms with van der Waals surface area (Å²) in [6, 6.07) is 0. The van der Waals surface area contributed by atoms with Gasteiger partial charge in [0.25, 0.3) is 0 Å². The first kappa shape index (κ1) is 4.92. The van der Waals surface area contributed by atoms with E-state index in [9.17, 15) is 5.21 Å². The lowest BCUT2D eigenvalue weighted by atomic mass is 10.8. The maximum atomic E-state index is 9.73. The van der Waals surface area contributed by atoms with Gasteiger partial charge in [-0.25, -0.2) is 0 Å². The molecule has 32 valence electrons. The van der Waals surface area contributed by atoms with Gasteiger partial charge in [0.2, 0.25) is 0 Å². The van der Waals surface area contributed by atoms with E-state index in [1.165, 1.54) is 7.05 Å². The van der Waals surface area contributed by atoms with E-state index in [0.29, 0.717) is 6.54 Å². The summed E-state index contributed by atoms with van der Waals surface area (Å²) in [5.74, 6) is 0. The topological polar surface area (TPSA) is 26.3 Å². The van der Waals surface area contributed by atoms with Crippen LogP contribution in [0.25, 0.3) is 0 Å². The Morgan fingerprint density at radius 2 is 2.00 bits per heavy atom. The van der Waals surface area contributed by atoms with Crippen LogP contribution in [0.2, 0.25) is 0 Å². The van der Waals surface area contributed by atoms with E-state index in [2.05, 4.69) is 0 Å². The summed E-state index contributed by atoms with van der Waals surface area (Å²) in [6.45, 7) is 2.40. The third-order valence-electron chi connectivity index (χ3n) is 0.445. The molecule has 0 heterocycles. The summed E-state index contributed by atoms with van der Waals surface area (Å²) in [5.41, 5.74) is 0. The molecule has 0 radical (unpaired) electrons. The predicted octanol–water partition coefficient (Wildman–Crippen LogP) is 0.436. The molecule has 0 fully saturated rings. The first-order chi connectivity index (χ1) is 2.27. The van der Waals surface area contributed by atoms with Crippen molar-refractivity contribution in [3.8, 4) is 0 Å². The Bertz CT molecular complexity index is 20.9. The van der Waals surface area contributed by atoms with E-state index < -0.39 is 0 Å². The molecule has 0 aromatic heterocycles. The van der Waals surface area contributed by atoms with Gasteiger partial charge in [-0.15, -0.1) is 0 Å². The van der Waals surface area contributed by atoms with Crippen LogP contribution in [0.5, 0.6) is 0 Å². The van der Waals surface area contributed by atoms with Crippen molar-refractivity contribution in [1.29, 1.82) is 0 Å². The molecule has 0 N–H and O–H groups in total. The minimum atomic E-state index is 0.583. The van der Waals surface area contributed by atoms with Crippen molar-refractivity contribution in [3.63, 3.8) is 0 Å². The summed E-state index contributed by atoms with van der Waals surface area (Å²) in [4.78, 5) is 0. The molecule has 0 aliphatic rings. The molecule has 0 amide bonds. The smallest absolute Gasteiger partial charge is 0.0176 e. The second kappa shape index (κ2) is 2.18. The number of hydrogen-bond acceptors (Lipinski definition) is 2. The lowest BCUT2D eigenvalue weighted by Gasteiger charge is -2.17. The van der Waals surface area contributed by atoms with E-state index >= 15 is 0 Å². The molecule has 0 atom stereocenters. The first-order valence-corrected chi connectivity index (χ1v) is 1.65. The standard InChI is InChI=1S/C3H8NO/c1-3-4(2)5/h3H2,1-2H3/q-1. The molecular formula is C3H8NO-. The van der Waals surface area contributed by atoms with Crippen LogP contribution in [-0.2, 0) is 0 Å². The highest BCUT2D eigenvalue weighted by atomic mass is 16.5. The summed E-state index contributed by atoms with van der Waals surface area (Å²) in [6.07, 6.45) is 0. The molecule has 0 aliphatic heterocycles. The van der Waals surface area contributed by atoms with Crippen molar-refractivity contribution in [2.45, 2.75) is 6.92 Å². The molecule has 0 aromatic rings. The molecule has 2 nitrogen and oxygen atoms in total. The second-order valence-electron chi connectivity index (χ2n) is 0.944. The van der Waals surface area contributed by atoms with Crippen molar-refractivity contribution in [1.82, 2.24) is 5.06 Å². The molecule has 0 spiro atoms. The van der Waals surface area contributed by atoms with E-state index in [1.54, 1.807) is 0 Å². The summed E-state index contributed by atoms with van der Waals surface area (Å²) < 4.78 is 0. The van der Waals surface area contributed by atoms with Crippen molar-refractivity contribution < 1.29 is 0 Å². The van der Waals surface area contributed by atoms with Gasteiger partial charge in [0.1, 0.15) is 0 Å². The Balaban J connectivity index is 2.54. The average Bonchev–Trinajstić information content (AvgIpc) is 1.38. The maximum Gasteiger partial charge on any atom is -0.0176 e. The predicted molar refractivity (Wildman–Crippen MR) is 21.7 cm³/mol. The monoisotopic (exact) mass is 74.1 g/mol. The van der Waals surface area contributed by atoms with Gasteiger partial charge < -0.3 is 10.3 Å². The summed E-state index contributed by atoms with van der Waals surface area (Å²) >= 11 is 0. The summed E-state index contributed by atoms with van der Waals surface area (Å²) in [7, 11) is 1.50. The molecule has 0 unspecified atom stereocenters. The Kier molecular flexibility index (Phi) is 2.14. The van der Waals surface area contributed by atoms with E-state index in [0.717, 1.165) is 5.06 Å². The highest BCUT2D eigenvalue weighted by Crippen LogP contribution is 1.66. The van der Waals surface area contributed by atoms with E-state index in [1.807, 2.05) is 6.92 Å². The van der Waals surface area contributed by atoms with Crippen LogP contribution < -0.4 is 0 Å². The van der Waals surface area contributed by atoms with Gasteiger partial charge in [0, 0.05) is 0 Å². The van der Waals surface area contributed by atoms with Crippen LogP contribution in [0, 0.1) is 5.21 Å². The maximum absolute atomic E-state index is 9.73. The Morgan fingerprint density at radius 3 is 2.00 bits per heavy atom. The van der Waals surface area contributed by atoms with Gasteiger partial charge in [0.05, 0.1) is 0 Å². The third-order valence-corrected chi connectivity index (χ3v) is 0.445. The van der Waals surface area contributed by atoms with Gasteiger partial charge in [-0.05, 0) is 13.6 Å². The zero-order chi connectivity index (χ0) is 4.28. The normalized spacial score (nSPS) is 9.60. The molecule has 0 rings (SSSR count). The molecule has 0 saturated carbocycles. The second-order valence-corrected chi connectivity index (χ2v) is 0.944. The fourth-order valence-corrected chi connectivity index (χ4v) is 0. The lowest BCUT2D eigenvalue weighted by molar-refractivity contribution is 0.487. The summed E-state index contributed by atoms with van der Waals surface area (Å²) in [5, 5.41) is 10.6. The molecule has 0 saturated heterocycles. The van der Waals surface area contributed by atoms with Gasteiger partial charge in [-0.1, -0.05) is 6.92 Å². The van der Waals surface area contributed by atoms with Gasteiger partial charge in [0.15, 0.2) is 0 Å². The molecule has 2 heteroatoms. The fraction of sp³-hybridized carbons (Fsp3) is 1.00. The Morgan fingerprint density at radius 1 is 1.80 bits per heavy atom. The van der Waals surface area contributed by atoms with E-state index in [-0.39, 0.29) is 0 Å². The van der Waals surface area contributed by atoms with Crippen molar-refractivity contribution in [2.24, 2.45) is 0 Å². The Labute approximate surface area is 32.0 Å². The molecule has 0 aliphatic carbocycles. The van der Waals surface area contributed by atoms with Crippen LogP contribution in [0.3, 0.4) is 0 Å². The minimum Gasteiger partial charge on any atom is -0.785 e. The molecule has 0 aromatic carbocycles. The quantitative estimate of drug-likeness (QED) is 0.422. The van der Waals surface area contributed by atoms with Crippen molar-refractivity contribution in [2.75, 3.05) is 13.6 Å². The van der Waals surface area contributed by atoms with Gasteiger partial charge in [-0.3, -0.25) is 0 Å². The minimum absolute atomic E-state index is 0.583. The van der Waals surface area contributed by atoms with Crippen LogP contribution in [0.1, 0.15) is 6.92 Å². The zero-order valence-electron chi connectivity index (χ0n) is 3.56. The van der Waals surface area contributed by atoms with Crippen LogP contribution in [-0.4, -0.2) is 18.7 Å². The largest absolute Gasteiger partial charge is 0.785 e. The third kappa shape index (κ3) is 3.92. The highest BCUT2D eigenvalue weighted by Gasteiger charge is 1.61. The zero-order valence-corrected chi connectivity index (χ0v) is 3.56. The average molecular weight is 74.1 g/mol. The van der Waals surface area contributed by atoms with Gasteiger partial charge >= 0.3 is 0 Å². The van der Waals surface area contributed by atoms with Crippen LogP contribution in [0.15, 0.2) is 0 Å². The van der Waals surface area contributed by atoms with Crippen LogP contribution in [0.4, 0.5) is 0 Å². The number of rotatable bonds is 1. The van der Waals surface area contributed by atoms with Gasteiger partial charge in [-0.2, -0.15) is 0 Å². The lowest BCUT2D eigenvalue weighted by Crippen LogP contribution is -2.05. The number of hydroxylamine groups is 2. The Hall–Kier alpha value is -0.0800. The number of nitrogens with zero attached hydrogens (tertiary/aromatic N) is 1. The fourth-order valence-electron chi connectivity index (χ4n) is 0. The highest BCUT2D eigenvalue weighted by molar-refractivity contribution is 4.37. The first-order valence-electron chi connectivity index (χ1n) is 1.65. The van der Waals surface area contributed by atoms with Crippen molar-refractivity contribution in [3.05, 3.63) is 5.21 Å². The van der Waals surface area contributed by atoms with E-state index in [4.69, 9.17) is 0 Å². The molecular weight excluding hydrogens is 66.0 g/mol. The van der Waals surface area contributed by atoms with Crippen molar-refractivity contribution >= 4 is 0 Å². The SMILES string of the molecule is CCN(C)[O-]. The van der Waals surface area contributed by atoms with Crippen LogP contribution >= 0.6 is 0 Å². The molecule has 0 bridgehead atoms. The number of hydrogen-bond donors (Lipinski definition) is 0. The molecule has 5 heavy (non-hydrogen) atoms.